The van der Waals surface area contributed by atoms with Crippen LogP contribution in [0.5, 0.6) is 0 Å². The van der Waals surface area contributed by atoms with Crippen LogP contribution in [0.3, 0.4) is 0 Å². The number of hydrogen-bond acceptors (Lipinski definition) is 6. The Labute approximate surface area is 164 Å². The zero-order valence-electron chi connectivity index (χ0n) is 16.0. The quantitative estimate of drug-likeness (QED) is 0.603. The van der Waals surface area contributed by atoms with Crippen LogP contribution in [-0.2, 0) is 20.9 Å². The van der Waals surface area contributed by atoms with Gasteiger partial charge in [-0.1, -0.05) is 12.1 Å². The van der Waals surface area contributed by atoms with Gasteiger partial charge in [0, 0.05) is 31.1 Å². The van der Waals surface area contributed by atoms with E-state index >= 15 is 0 Å². The van der Waals surface area contributed by atoms with E-state index in [-0.39, 0.29) is 24.6 Å². The molecule has 2 unspecified atom stereocenters. The largest absolute Gasteiger partial charge is 0.480 e. The lowest BCUT2D eigenvalue weighted by Crippen LogP contribution is -2.54. The molecule has 1 N–H and O–H groups in total. The molecule has 0 aliphatic carbocycles. The van der Waals surface area contributed by atoms with E-state index in [1.807, 2.05) is 29.3 Å². The Morgan fingerprint density at radius 2 is 2.33 bits per heavy atom. The van der Waals surface area contributed by atoms with Crippen LogP contribution in [-0.4, -0.2) is 90.2 Å². The third-order valence-electron chi connectivity index (χ3n) is 4.58. The standard InChI is InChI=1S/C19H29N3O4S/c1-4-7-22(13-17-6-5-10-27-17)19(25)15(2)21-8-9-26-16(12-21)11-20(3)14-18(23)24/h4-6,10,15-16H,1,7-9,11-14H2,2-3H3,(H,23,24). The Hall–Kier alpha value is -1.74. The first-order chi connectivity index (χ1) is 12.9. The van der Waals surface area contributed by atoms with Crippen molar-refractivity contribution in [3.63, 3.8) is 0 Å². The fourth-order valence-electron chi connectivity index (χ4n) is 3.25. The molecule has 2 heterocycles. The van der Waals surface area contributed by atoms with E-state index in [1.165, 1.54) is 0 Å². The van der Waals surface area contributed by atoms with Crippen molar-refractivity contribution in [2.75, 3.05) is 46.4 Å². The molecule has 1 aromatic rings. The number of carboxylic acid groups (broad SMARTS) is 1. The third kappa shape index (κ3) is 6.73. The number of rotatable bonds is 10. The molecule has 0 bridgehead atoms. The number of carbonyl (C=O) groups excluding carboxylic acids is 1. The van der Waals surface area contributed by atoms with Gasteiger partial charge in [0.15, 0.2) is 0 Å². The maximum atomic E-state index is 13.0. The van der Waals surface area contributed by atoms with Gasteiger partial charge in [-0.25, -0.2) is 0 Å². The number of morpholine rings is 1. The van der Waals surface area contributed by atoms with Crippen molar-refractivity contribution in [3.05, 3.63) is 35.0 Å². The lowest BCUT2D eigenvalue weighted by molar-refractivity contribution is -0.140. The zero-order valence-corrected chi connectivity index (χ0v) is 16.9. The van der Waals surface area contributed by atoms with E-state index in [2.05, 4.69) is 11.5 Å². The molecule has 1 saturated heterocycles. The molecule has 2 atom stereocenters. The molecule has 7 nitrogen and oxygen atoms in total. The summed E-state index contributed by atoms with van der Waals surface area (Å²) in [6.45, 7) is 9.13. The molecular weight excluding hydrogens is 366 g/mol. The van der Waals surface area contributed by atoms with E-state index in [9.17, 15) is 9.59 Å². The fraction of sp³-hybridized carbons (Fsp3) is 0.579. The molecule has 0 saturated carbocycles. The molecule has 2 rings (SSSR count). The summed E-state index contributed by atoms with van der Waals surface area (Å²) >= 11 is 1.64. The molecular formula is C19H29N3O4S. The van der Waals surface area contributed by atoms with Gasteiger partial charge in [0.1, 0.15) is 0 Å². The van der Waals surface area contributed by atoms with Crippen molar-refractivity contribution >= 4 is 23.2 Å². The van der Waals surface area contributed by atoms with E-state index in [0.717, 1.165) is 4.88 Å². The highest BCUT2D eigenvalue weighted by molar-refractivity contribution is 7.09. The van der Waals surface area contributed by atoms with Gasteiger partial charge < -0.3 is 14.7 Å². The van der Waals surface area contributed by atoms with E-state index in [0.29, 0.717) is 39.3 Å². The topological polar surface area (TPSA) is 73.3 Å². The van der Waals surface area contributed by atoms with Gasteiger partial charge in [0.25, 0.3) is 0 Å². The molecule has 150 valence electrons. The van der Waals surface area contributed by atoms with Gasteiger partial charge in [0.2, 0.25) is 5.91 Å². The predicted octanol–water partition coefficient (Wildman–Crippen LogP) is 1.37. The SMILES string of the molecule is C=CCN(Cc1cccs1)C(=O)C(C)N1CCOC(CN(C)CC(=O)O)C1. The third-order valence-corrected chi connectivity index (χ3v) is 5.44. The Balaban J connectivity index is 1.94. The van der Waals surface area contributed by atoms with E-state index in [1.54, 1.807) is 29.4 Å². The number of thiophene rings is 1. The molecule has 1 fully saturated rings. The molecule has 0 aromatic carbocycles. The second-order valence-electron chi connectivity index (χ2n) is 6.84. The van der Waals surface area contributed by atoms with Gasteiger partial charge in [0.05, 0.1) is 31.8 Å². The highest BCUT2D eigenvalue weighted by Gasteiger charge is 2.31. The van der Waals surface area contributed by atoms with Crippen LogP contribution < -0.4 is 0 Å². The predicted molar refractivity (Wildman–Crippen MR) is 106 cm³/mol. The first kappa shape index (κ1) is 21.6. The Kier molecular flexibility index (Phi) is 8.43. The average Bonchev–Trinajstić information content (AvgIpc) is 3.12. The van der Waals surface area contributed by atoms with Crippen molar-refractivity contribution < 1.29 is 19.4 Å². The van der Waals surface area contributed by atoms with Crippen molar-refractivity contribution in [2.24, 2.45) is 0 Å². The summed E-state index contributed by atoms with van der Waals surface area (Å²) in [5.74, 6) is -0.787. The van der Waals surface area contributed by atoms with Gasteiger partial charge in [-0.2, -0.15) is 0 Å². The van der Waals surface area contributed by atoms with E-state index < -0.39 is 5.97 Å². The number of nitrogens with zero attached hydrogens (tertiary/aromatic N) is 3. The summed E-state index contributed by atoms with van der Waals surface area (Å²) in [4.78, 5) is 30.7. The Morgan fingerprint density at radius 3 is 2.96 bits per heavy atom. The van der Waals surface area contributed by atoms with Crippen molar-refractivity contribution in [3.8, 4) is 0 Å². The molecule has 27 heavy (non-hydrogen) atoms. The van der Waals surface area contributed by atoms with E-state index in [4.69, 9.17) is 9.84 Å². The minimum atomic E-state index is -0.859. The van der Waals surface area contributed by atoms with Crippen molar-refractivity contribution in [1.29, 1.82) is 0 Å². The lowest BCUT2D eigenvalue weighted by atomic mass is 10.1. The summed E-state index contributed by atoms with van der Waals surface area (Å²) in [5.41, 5.74) is 0. The second-order valence-corrected chi connectivity index (χ2v) is 7.87. The monoisotopic (exact) mass is 395 g/mol. The molecule has 0 radical (unpaired) electrons. The summed E-state index contributed by atoms with van der Waals surface area (Å²) in [6, 6.07) is 3.75. The summed E-state index contributed by atoms with van der Waals surface area (Å²) in [5, 5.41) is 10.9. The molecule has 8 heteroatoms. The summed E-state index contributed by atoms with van der Waals surface area (Å²) in [7, 11) is 1.76. The first-order valence-electron chi connectivity index (χ1n) is 9.08. The Morgan fingerprint density at radius 1 is 1.56 bits per heavy atom. The minimum absolute atomic E-state index is 0.0255. The number of amides is 1. The second kappa shape index (κ2) is 10.6. The minimum Gasteiger partial charge on any atom is -0.480 e. The number of hydrogen-bond donors (Lipinski definition) is 1. The molecule has 0 spiro atoms. The zero-order chi connectivity index (χ0) is 19.8. The van der Waals surface area contributed by atoms with Gasteiger partial charge in [-0.05, 0) is 25.4 Å². The van der Waals surface area contributed by atoms with Crippen molar-refractivity contribution in [1.82, 2.24) is 14.7 Å². The smallest absolute Gasteiger partial charge is 0.317 e. The number of ether oxygens (including phenoxy) is 1. The molecule has 1 aliphatic heterocycles. The Bertz CT molecular complexity index is 622. The fourth-order valence-corrected chi connectivity index (χ4v) is 3.97. The average molecular weight is 396 g/mol. The molecule has 1 aliphatic rings. The normalized spacial score (nSPS) is 19.0. The number of likely N-dealkylation sites (N-methyl/N-ethyl adjacent to an activating group) is 1. The maximum absolute atomic E-state index is 13.0. The summed E-state index contributed by atoms with van der Waals surface area (Å²) < 4.78 is 5.77. The lowest BCUT2D eigenvalue weighted by Gasteiger charge is -2.38. The van der Waals surface area contributed by atoms with Crippen LogP contribution >= 0.6 is 11.3 Å². The van der Waals surface area contributed by atoms with Crippen LogP contribution in [0.2, 0.25) is 0 Å². The maximum Gasteiger partial charge on any atom is 0.317 e. The van der Waals surface area contributed by atoms with Gasteiger partial charge >= 0.3 is 5.97 Å². The van der Waals surface area contributed by atoms with Crippen LogP contribution in [0.4, 0.5) is 0 Å². The molecule has 1 amide bonds. The van der Waals surface area contributed by atoms with Crippen LogP contribution in [0.1, 0.15) is 11.8 Å². The number of carboxylic acids is 1. The van der Waals surface area contributed by atoms with Crippen LogP contribution in [0.15, 0.2) is 30.2 Å². The highest BCUT2D eigenvalue weighted by atomic mass is 32.1. The van der Waals surface area contributed by atoms with Crippen molar-refractivity contribution in [2.45, 2.75) is 25.6 Å². The number of aliphatic carboxylic acids is 1. The van der Waals surface area contributed by atoms with Gasteiger partial charge in [-0.3, -0.25) is 19.4 Å². The van der Waals surface area contributed by atoms with Crippen LogP contribution in [0, 0.1) is 0 Å². The number of carbonyl (C=O) groups is 2. The first-order valence-corrected chi connectivity index (χ1v) is 9.96. The highest BCUT2D eigenvalue weighted by Crippen LogP contribution is 2.16. The summed E-state index contributed by atoms with van der Waals surface area (Å²) in [6.07, 6.45) is 1.64. The van der Waals surface area contributed by atoms with Crippen LogP contribution in [0.25, 0.3) is 0 Å². The van der Waals surface area contributed by atoms with Gasteiger partial charge in [-0.15, -0.1) is 17.9 Å². The molecule has 1 aromatic heterocycles.